The molecule has 0 atom stereocenters. The number of methoxy groups -OCH3 is 1. The first-order valence-corrected chi connectivity index (χ1v) is 13.1. The molecule has 2 fully saturated rings. The molecule has 2 saturated carbocycles. The van der Waals surface area contributed by atoms with E-state index in [1.165, 1.54) is 5.56 Å². The lowest BCUT2D eigenvalue weighted by Gasteiger charge is -2.57. The molecule has 1 amide bonds. The highest BCUT2D eigenvalue weighted by atomic mass is 16.5. The standard InChI is InChI=1S/C31H31N3O4/c1-38-26-12-24-18-32-34(19-20-7-9-23(10-8-20)22-5-3-2-4-6-22)29(24)27(13-26)30(37)33-25-16-31(17-25)14-21(15-31)11-28(35)36/h2-10,12-13,18,21,25H,11,14-17,19H2,1H3,(H,33,37)(H,35,36). The van der Waals surface area contributed by atoms with Crippen LogP contribution in [0.5, 0.6) is 5.75 Å². The number of aliphatic carboxylic acids is 1. The first kappa shape index (κ1) is 24.2. The molecular weight excluding hydrogens is 478 g/mol. The van der Waals surface area contributed by atoms with E-state index >= 15 is 0 Å². The van der Waals surface area contributed by atoms with Gasteiger partial charge < -0.3 is 15.2 Å². The van der Waals surface area contributed by atoms with E-state index in [-0.39, 0.29) is 29.7 Å². The van der Waals surface area contributed by atoms with Crippen LogP contribution < -0.4 is 10.1 Å². The highest BCUT2D eigenvalue weighted by molar-refractivity contribution is 6.06. The molecule has 2 N–H and O–H groups in total. The van der Waals surface area contributed by atoms with Crippen LogP contribution in [-0.4, -0.2) is 39.9 Å². The largest absolute Gasteiger partial charge is 0.497 e. The van der Waals surface area contributed by atoms with Crippen molar-refractivity contribution in [2.24, 2.45) is 11.3 Å². The summed E-state index contributed by atoms with van der Waals surface area (Å²) in [6.45, 7) is 0.544. The Kier molecular flexibility index (Phi) is 6.14. The molecule has 7 nitrogen and oxygen atoms in total. The van der Waals surface area contributed by atoms with E-state index in [0.717, 1.165) is 47.7 Å². The predicted octanol–water partition coefficient (Wildman–Crippen LogP) is 5.52. The van der Waals surface area contributed by atoms with Gasteiger partial charge in [0.05, 0.1) is 30.9 Å². The average molecular weight is 510 g/mol. The molecule has 1 heterocycles. The van der Waals surface area contributed by atoms with Crippen molar-refractivity contribution in [3.63, 3.8) is 0 Å². The van der Waals surface area contributed by atoms with E-state index in [1.54, 1.807) is 19.4 Å². The normalized spacial score (nSPS) is 22.0. The zero-order valence-corrected chi connectivity index (χ0v) is 21.4. The predicted molar refractivity (Wildman–Crippen MR) is 145 cm³/mol. The Labute approximate surface area is 221 Å². The van der Waals surface area contributed by atoms with Crippen LogP contribution in [0.3, 0.4) is 0 Å². The van der Waals surface area contributed by atoms with Crippen molar-refractivity contribution in [1.82, 2.24) is 15.1 Å². The number of benzene rings is 3. The van der Waals surface area contributed by atoms with Crippen LogP contribution in [0.15, 0.2) is 72.9 Å². The molecule has 3 aromatic carbocycles. The van der Waals surface area contributed by atoms with Crippen molar-refractivity contribution in [2.45, 2.75) is 44.7 Å². The molecule has 0 bridgehead atoms. The van der Waals surface area contributed by atoms with Gasteiger partial charge in [-0.25, -0.2) is 0 Å². The first-order valence-electron chi connectivity index (χ1n) is 13.1. The van der Waals surface area contributed by atoms with Crippen LogP contribution in [0.2, 0.25) is 0 Å². The van der Waals surface area contributed by atoms with Gasteiger partial charge in [0.1, 0.15) is 5.75 Å². The van der Waals surface area contributed by atoms with Gasteiger partial charge in [0.25, 0.3) is 5.91 Å². The maximum absolute atomic E-state index is 13.5. The number of nitrogens with one attached hydrogen (secondary N) is 1. The van der Waals surface area contributed by atoms with Crippen LogP contribution in [0.1, 0.15) is 48.0 Å². The van der Waals surface area contributed by atoms with Crippen molar-refractivity contribution in [2.75, 3.05) is 7.11 Å². The fraction of sp³-hybridized carbons (Fsp3) is 0.323. The number of carbonyl (C=O) groups excluding carboxylic acids is 1. The van der Waals surface area contributed by atoms with Crippen molar-refractivity contribution >= 4 is 22.8 Å². The molecule has 194 valence electrons. The Morgan fingerprint density at radius 2 is 1.74 bits per heavy atom. The number of carboxylic acid groups (broad SMARTS) is 1. The minimum atomic E-state index is -0.722. The van der Waals surface area contributed by atoms with E-state index in [0.29, 0.717) is 17.9 Å². The third-order valence-electron chi connectivity index (χ3n) is 8.18. The summed E-state index contributed by atoms with van der Waals surface area (Å²) in [6, 6.07) is 22.5. The molecule has 0 unspecified atom stereocenters. The monoisotopic (exact) mass is 509 g/mol. The number of nitrogens with zero attached hydrogens (tertiary/aromatic N) is 2. The summed E-state index contributed by atoms with van der Waals surface area (Å²) in [7, 11) is 1.60. The van der Waals surface area contributed by atoms with Gasteiger partial charge in [0.15, 0.2) is 0 Å². The van der Waals surface area contributed by atoms with Crippen LogP contribution in [-0.2, 0) is 11.3 Å². The summed E-state index contributed by atoms with van der Waals surface area (Å²) in [5.41, 5.74) is 4.98. The number of amides is 1. The Morgan fingerprint density at radius 1 is 1.03 bits per heavy atom. The van der Waals surface area contributed by atoms with Crippen molar-refractivity contribution in [3.8, 4) is 16.9 Å². The highest BCUT2D eigenvalue weighted by Crippen LogP contribution is 2.59. The highest BCUT2D eigenvalue weighted by Gasteiger charge is 2.53. The number of rotatable bonds is 8. The van der Waals surface area contributed by atoms with Gasteiger partial charge in [-0.2, -0.15) is 5.10 Å². The fourth-order valence-electron chi connectivity index (χ4n) is 6.46. The van der Waals surface area contributed by atoms with Crippen LogP contribution >= 0.6 is 0 Å². The Balaban J connectivity index is 1.18. The molecule has 4 aromatic rings. The summed E-state index contributed by atoms with van der Waals surface area (Å²) in [5.74, 6) is 0.0458. The molecule has 7 heteroatoms. The van der Waals surface area contributed by atoms with Crippen molar-refractivity contribution in [1.29, 1.82) is 0 Å². The lowest BCUT2D eigenvalue weighted by atomic mass is 9.49. The SMILES string of the molecule is COc1cc(C(=O)NC2CC3(CC(CC(=O)O)C3)C2)c2c(cnn2Cc2ccc(-c3ccccc3)cc2)c1. The quantitative estimate of drug-likeness (QED) is 0.326. The maximum atomic E-state index is 13.5. The number of hydrogen-bond donors (Lipinski definition) is 2. The van der Waals surface area contributed by atoms with Gasteiger partial charge in [-0.3, -0.25) is 14.3 Å². The minimum Gasteiger partial charge on any atom is -0.497 e. The van der Waals surface area contributed by atoms with Gasteiger partial charge in [-0.1, -0.05) is 54.6 Å². The van der Waals surface area contributed by atoms with Gasteiger partial charge in [0.2, 0.25) is 0 Å². The lowest BCUT2D eigenvalue weighted by Crippen LogP contribution is -2.56. The van der Waals surface area contributed by atoms with Crippen LogP contribution in [0, 0.1) is 11.3 Å². The molecule has 1 spiro atoms. The van der Waals surface area contributed by atoms with Crippen LogP contribution in [0.25, 0.3) is 22.0 Å². The lowest BCUT2D eigenvalue weighted by molar-refractivity contribution is -0.142. The molecule has 2 aliphatic carbocycles. The second-order valence-corrected chi connectivity index (χ2v) is 10.9. The zero-order valence-electron chi connectivity index (χ0n) is 21.4. The van der Waals surface area contributed by atoms with E-state index < -0.39 is 5.97 Å². The Bertz CT molecular complexity index is 1480. The number of hydrogen-bond acceptors (Lipinski definition) is 4. The van der Waals surface area contributed by atoms with Crippen molar-refractivity contribution in [3.05, 3.63) is 84.1 Å². The molecular formula is C31H31N3O4. The van der Waals surface area contributed by atoms with E-state index in [4.69, 9.17) is 9.84 Å². The number of fused-ring (bicyclic) bond motifs is 1. The first-order chi connectivity index (χ1) is 18.4. The molecule has 0 radical (unpaired) electrons. The zero-order chi connectivity index (χ0) is 26.3. The summed E-state index contributed by atoms with van der Waals surface area (Å²) in [6.07, 6.45) is 5.75. The van der Waals surface area contributed by atoms with Gasteiger partial charge in [0, 0.05) is 17.8 Å². The van der Waals surface area contributed by atoms with Gasteiger partial charge >= 0.3 is 5.97 Å². The van der Waals surface area contributed by atoms with Crippen molar-refractivity contribution < 1.29 is 19.4 Å². The van der Waals surface area contributed by atoms with Gasteiger partial charge in [-0.05, 0) is 65.8 Å². The molecule has 0 saturated heterocycles. The Morgan fingerprint density at radius 3 is 2.42 bits per heavy atom. The number of carbonyl (C=O) groups is 2. The second-order valence-electron chi connectivity index (χ2n) is 10.9. The summed E-state index contributed by atoms with van der Waals surface area (Å²) >= 11 is 0. The number of aromatic nitrogens is 2. The minimum absolute atomic E-state index is 0.108. The number of carboxylic acids is 1. The maximum Gasteiger partial charge on any atom is 0.303 e. The van der Waals surface area contributed by atoms with E-state index in [9.17, 15) is 9.59 Å². The smallest absolute Gasteiger partial charge is 0.303 e. The Hall–Kier alpha value is -4.13. The van der Waals surface area contributed by atoms with Gasteiger partial charge in [-0.15, -0.1) is 0 Å². The summed E-state index contributed by atoms with van der Waals surface area (Å²) in [5, 5.41) is 17.7. The summed E-state index contributed by atoms with van der Waals surface area (Å²) in [4.78, 5) is 24.4. The summed E-state index contributed by atoms with van der Waals surface area (Å²) < 4.78 is 7.36. The van der Waals surface area contributed by atoms with Crippen LogP contribution in [0.4, 0.5) is 0 Å². The molecule has 2 aliphatic rings. The topological polar surface area (TPSA) is 93.4 Å². The van der Waals surface area contributed by atoms with E-state index in [1.807, 2.05) is 28.9 Å². The van der Waals surface area contributed by atoms with E-state index in [2.05, 4.69) is 46.8 Å². The number of ether oxygens (including phenoxy) is 1. The third-order valence-corrected chi connectivity index (χ3v) is 8.18. The second kappa shape index (κ2) is 9.63. The molecule has 38 heavy (non-hydrogen) atoms. The third kappa shape index (κ3) is 4.64. The fourth-order valence-corrected chi connectivity index (χ4v) is 6.46. The average Bonchev–Trinajstić information content (AvgIpc) is 3.28. The molecule has 0 aliphatic heterocycles. The molecule has 1 aromatic heterocycles. The molecule has 6 rings (SSSR count).